The fourth-order valence-electron chi connectivity index (χ4n) is 1.88. The van der Waals surface area contributed by atoms with E-state index in [0.717, 1.165) is 16.9 Å². The summed E-state index contributed by atoms with van der Waals surface area (Å²) >= 11 is 5.77. The van der Waals surface area contributed by atoms with Gasteiger partial charge in [-0.15, -0.1) is 0 Å². The highest BCUT2D eigenvalue weighted by molar-refractivity contribution is 6.30. The number of ether oxygens (including phenoxy) is 1. The molecule has 94 valence electrons. The predicted octanol–water partition coefficient (Wildman–Crippen LogP) is 4.39. The van der Waals surface area contributed by atoms with Crippen LogP contribution in [-0.2, 0) is 6.42 Å². The smallest absolute Gasteiger partial charge is 0.145 e. The van der Waals surface area contributed by atoms with Gasteiger partial charge in [0.15, 0.2) is 0 Å². The first kappa shape index (κ1) is 12.9. The lowest BCUT2D eigenvalue weighted by Crippen LogP contribution is -1.96. The van der Waals surface area contributed by atoms with Gasteiger partial charge in [0.05, 0.1) is 12.1 Å². The standard InChI is InChI=1S/C15H14ClFO/c1-10-8-13(18-2)7-6-11(10)9-12-4-3-5-14(16)15(12)17/h3-8H,9H2,1-2H3. The molecule has 0 aliphatic heterocycles. The number of halogens is 2. The lowest BCUT2D eigenvalue weighted by atomic mass is 10.00. The van der Waals surface area contributed by atoms with Gasteiger partial charge in [-0.25, -0.2) is 4.39 Å². The second kappa shape index (κ2) is 5.40. The Morgan fingerprint density at radius 1 is 1.17 bits per heavy atom. The molecule has 0 unspecified atom stereocenters. The number of hydrogen-bond donors (Lipinski definition) is 0. The van der Waals surface area contributed by atoms with Crippen LogP contribution in [0, 0.1) is 12.7 Å². The molecule has 3 heteroatoms. The molecule has 0 aliphatic rings. The van der Waals surface area contributed by atoms with E-state index in [9.17, 15) is 4.39 Å². The SMILES string of the molecule is COc1ccc(Cc2cccc(Cl)c2F)c(C)c1. The van der Waals surface area contributed by atoms with Crippen molar-refractivity contribution in [3.05, 3.63) is 63.9 Å². The molecule has 0 radical (unpaired) electrons. The van der Waals surface area contributed by atoms with Crippen molar-refractivity contribution in [1.29, 1.82) is 0 Å². The molecule has 0 aliphatic carbocycles. The van der Waals surface area contributed by atoms with Crippen molar-refractivity contribution in [2.75, 3.05) is 7.11 Å². The van der Waals surface area contributed by atoms with Crippen molar-refractivity contribution in [2.45, 2.75) is 13.3 Å². The largest absolute Gasteiger partial charge is 0.497 e. The molecule has 0 saturated heterocycles. The summed E-state index contributed by atoms with van der Waals surface area (Å²) in [6.07, 6.45) is 0.530. The van der Waals surface area contributed by atoms with E-state index in [2.05, 4.69) is 0 Å². The Kier molecular flexibility index (Phi) is 3.87. The number of benzene rings is 2. The van der Waals surface area contributed by atoms with Gasteiger partial charge in [-0.1, -0.05) is 29.8 Å². The zero-order valence-corrected chi connectivity index (χ0v) is 11.1. The summed E-state index contributed by atoms with van der Waals surface area (Å²) < 4.78 is 19.0. The predicted molar refractivity (Wildman–Crippen MR) is 71.9 cm³/mol. The summed E-state index contributed by atoms with van der Waals surface area (Å²) in [6.45, 7) is 1.99. The van der Waals surface area contributed by atoms with Gasteiger partial charge < -0.3 is 4.74 Å². The van der Waals surface area contributed by atoms with Gasteiger partial charge >= 0.3 is 0 Å². The molecule has 2 rings (SSSR count). The van der Waals surface area contributed by atoms with Crippen molar-refractivity contribution >= 4 is 11.6 Å². The average molecular weight is 265 g/mol. The summed E-state index contributed by atoms with van der Waals surface area (Å²) in [4.78, 5) is 0. The van der Waals surface area contributed by atoms with Crippen molar-refractivity contribution in [1.82, 2.24) is 0 Å². The molecule has 0 atom stereocenters. The van der Waals surface area contributed by atoms with Crippen molar-refractivity contribution in [2.24, 2.45) is 0 Å². The molecular formula is C15H14ClFO. The highest BCUT2D eigenvalue weighted by Crippen LogP contribution is 2.23. The number of rotatable bonds is 3. The van der Waals surface area contributed by atoms with Crippen LogP contribution in [0.3, 0.4) is 0 Å². The third-order valence-corrected chi connectivity index (χ3v) is 3.25. The van der Waals surface area contributed by atoms with Crippen LogP contribution in [0.5, 0.6) is 5.75 Å². The molecule has 0 fully saturated rings. The highest BCUT2D eigenvalue weighted by atomic mass is 35.5. The van der Waals surface area contributed by atoms with Crippen LogP contribution in [0.4, 0.5) is 4.39 Å². The summed E-state index contributed by atoms with van der Waals surface area (Å²) in [5.74, 6) is 0.470. The Labute approximate surface area is 111 Å². The quantitative estimate of drug-likeness (QED) is 0.799. The van der Waals surface area contributed by atoms with E-state index in [4.69, 9.17) is 16.3 Å². The van der Waals surface area contributed by atoms with Crippen LogP contribution in [-0.4, -0.2) is 7.11 Å². The van der Waals surface area contributed by atoms with Gasteiger partial charge in [-0.3, -0.25) is 0 Å². The van der Waals surface area contributed by atoms with E-state index in [1.54, 1.807) is 25.3 Å². The van der Waals surface area contributed by atoms with Gasteiger partial charge in [-0.2, -0.15) is 0 Å². The van der Waals surface area contributed by atoms with Gasteiger partial charge in [0.2, 0.25) is 0 Å². The van der Waals surface area contributed by atoms with Gasteiger partial charge in [0.25, 0.3) is 0 Å². The fourth-order valence-corrected chi connectivity index (χ4v) is 2.08. The normalized spacial score (nSPS) is 10.4. The third kappa shape index (κ3) is 2.65. The van der Waals surface area contributed by atoms with E-state index >= 15 is 0 Å². The lowest BCUT2D eigenvalue weighted by Gasteiger charge is -2.09. The second-order valence-corrected chi connectivity index (χ2v) is 4.59. The summed E-state index contributed by atoms with van der Waals surface area (Å²) in [5.41, 5.74) is 2.75. The van der Waals surface area contributed by atoms with Crippen LogP contribution in [0.25, 0.3) is 0 Å². The second-order valence-electron chi connectivity index (χ2n) is 4.18. The first-order valence-corrected chi connectivity index (χ1v) is 6.06. The van der Waals surface area contributed by atoms with Crippen LogP contribution in [0.1, 0.15) is 16.7 Å². The van der Waals surface area contributed by atoms with Gasteiger partial charge in [0, 0.05) is 6.42 Å². The molecule has 0 amide bonds. The van der Waals surface area contributed by atoms with Crippen molar-refractivity contribution in [3.8, 4) is 5.75 Å². The molecular weight excluding hydrogens is 251 g/mol. The maximum absolute atomic E-state index is 13.8. The topological polar surface area (TPSA) is 9.23 Å². The number of hydrogen-bond acceptors (Lipinski definition) is 1. The lowest BCUT2D eigenvalue weighted by molar-refractivity contribution is 0.414. The van der Waals surface area contributed by atoms with Crippen molar-refractivity contribution in [3.63, 3.8) is 0 Å². The Morgan fingerprint density at radius 3 is 2.61 bits per heavy atom. The minimum absolute atomic E-state index is 0.165. The zero-order valence-electron chi connectivity index (χ0n) is 10.3. The van der Waals surface area contributed by atoms with Gasteiger partial charge in [-0.05, 0) is 41.8 Å². The summed E-state index contributed by atoms with van der Waals surface area (Å²) in [6, 6.07) is 10.9. The van der Waals surface area contributed by atoms with Crippen LogP contribution < -0.4 is 4.74 Å². The highest BCUT2D eigenvalue weighted by Gasteiger charge is 2.08. The first-order valence-electron chi connectivity index (χ1n) is 5.68. The van der Waals surface area contributed by atoms with Crippen LogP contribution in [0.2, 0.25) is 5.02 Å². The number of aryl methyl sites for hydroxylation is 1. The molecule has 0 N–H and O–H groups in total. The molecule has 0 heterocycles. The first-order chi connectivity index (χ1) is 8.61. The number of methoxy groups -OCH3 is 1. The van der Waals surface area contributed by atoms with E-state index in [0.29, 0.717) is 12.0 Å². The van der Waals surface area contributed by atoms with Crippen LogP contribution in [0.15, 0.2) is 36.4 Å². The van der Waals surface area contributed by atoms with Crippen molar-refractivity contribution < 1.29 is 9.13 Å². The van der Waals surface area contributed by atoms with E-state index in [1.165, 1.54) is 0 Å². The molecule has 0 aromatic heterocycles. The molecule has 0 spiro atoms. The maximum atomic E-state index is 13.8. The Bertz CT molecular complexity index is 566. The average Bonchev–Trinajstić information content (AvgIpc) is 2.37. The molecule has 1 nitrogen and oxygen atoms in total. The Hall–Kier alpha value is -1.54. The summed E-state index contributed by atoms with van der Waals surface area (Å²) in [5, 5.41) is 0.165. The fraction of sp³-hybridized carbons (Fsp3) is 0.200. The minimum atomic E-state index is -0.339. The van der Waals surface area contributed by atoms with E-state index in [-0.39, 0.29) is 10.8 Å². The van der Waals surface area contributed by atoms with Crippen LogP contribution >= 0.6 is 11.6 Å². The maximum Gasteiger partial charge on any atom is 0.145 e. The van der Waals surface area contributed by atoms with Gasteiger partial charge in [0.1, 0.15) is 11.6 Å². The molecule has 2 aromatic rings. The molecule has 18 heavy (non-hydrogen) atoms. The zero-order chi connectivity index (χ0) is 13.1. The van der Waals surface area contributed by atoms with E-state index < -0.39 is 0 Å². The molecule has 0 bridgehead atoms. The third-order valence-electron chi connectivity index (χ3n) is 2.96. The molecule has 0 saturated carbocycles. The Morgan fingerprint density at radius 2 is 1.94 bits per heavy atom. The summed E-state index contributed by atoms with van der Waals surface area (Å²) in [7, 11) is 1.63. The van der Waals surface area contributed by atoms with E-state index in [1.807, 2.05) is 25.1 Å². The molecule has 2 aromatic carbocycles. The minimum Gasteiger partial charge on any atom is -0.497 e. The monoisotopic (exact) mass is 264 g/mol. The Balaban J connectivity index is 2.31.